The average molecular weight is 441 g/mol. The average Bonchev–Trinajstić information content (AvgIpc) is 2.81. The molecule has 0 aliphatic rings. The standard InChI is InChI=1S/C26H36N2O4/c1-4-6-8-18-30-23-12-10-22(11-13-23)20-27-28-26(29)21(3)32-25-16-14-24(15-17-25)31-19-9-7-5-2/h10-17,20-21H,4-9,18-19H2,1-3H3,(H,28,29)/b27-20-/t21-/m1/s1. The smallest absolute Gasteiger partial charge is 0.280 e. The monoisotopic (exact) mass is 440 g/mol. The van der Waals surface area contributed by atoms with Gasteiger partial charge in [-0.25, -0.2) is 5.43 Å². The fourth-order valence-corrected chi connectivity index (χ4v) is 2.87. The van der Waals surface area contributed by atoms with E-state index in [1.165, 1.54) is 19.3 Å². The molecular weight excluding hydrogens is 404 g/mol. The molecule has 2 aromatic carbocycles. The highest BCUT2D eigenvalue weighted by atomic mass is 16.5. The molecule has 0 spiro atoms. The lowest BCUT2D eigenvalue weighted by molar-refractivity contribution is -0.127. The summed E-state index contributed by atoms with van der Waals surface area (Å²) < 4.78 is 17.1. The van der Waals surface area contributed by atoms with E-state index in [-0.39, 0.29) is 5.91 Å². The molecule has 1 N–H and O–H groups in total. The first-order chi connectivity index (χ1) is 15.6. The fraction of sp³-hybridized carbons (Fsp3) is 0.462. The maximum atomic E-state index is 12.2. The number of nitrogens with zero attached hydrogens (tertiary/aromatic N) is 1. The normalized spacial score (nSPS) is 11.8. The summed E-state index contributed by atoms with van der Waals surface area (Å²) >= 11 is 0. The molecule has 0 bridgehead atoms. The Balaban J connectivity index is 1.72. The fourth-order valence-electron chi connectivity index (χ4n) is 2.87. The molecular formula is C26H36N2O4. The Labute approximate surface area is 192 Å². The Bertz CT molecular complexity index is 804. The third-order valence-corrected chi connectivity index (χ3v) is 4.81. The van der Waals surface area contributed by atoms with Gasteiger partial charge in [0.25, 0.3) is 5.91 Å². The van der Waals surface area contributed by atoms with Crippen LogP contribution in [0.4, 0.5) is 0 Å². The van der Waals surface area contributed by atoms with Crippen LogP contribution in [0.3, 0.4) is 0 Å². The zero-order chi connectivity index (χ0) is 23.0. The molecule has 2 aromatic rings. The number of rotatable bonds is 15. The van der Waals surface area contributed by atoms with Gasteiger partial charge >= 0.3 is 0 Å². The van der Waals surface area contributed by atoms with Crippen molar-refractivity contribution in [2.75, 3.05) is 13.2 Å². The van der Waals surface area contributed by atoms with Crippen molar-refractivity contribution in [1.29, 1.82) is 0 Å². The number of carbonyl (C=O) groups excluding carboxylic acids is 1. The second kappa shape index (κ2) is 14.9. The van der Waals surface area contributed by atoms with E-state index in [0.29, 0.717) is 12.4 Å². The summed E-state index contributed by atoms with van der Waals surface area (Å²) in [4.78, 5) is 12.2. The van der Waals surface area contributed by atoms with Gasteiger partial charge in [-0.15, -0.1) is 0 Å². The van der Waals surface area contributed by atoms with Crippen LogP contribution < -0.4 is 19.6 Å². The summed E-state index contributed by atoms with van der Waals surface area (Å²) in [6.45, 7) is 7.45. The van der Waals surface area contributed by atoms with E-state index in [1.54, 1.807) is 25.3 Å². The summed E-state index contributed by atoms with van der Waals surface area (Å²) in [7, 11) is 0. The van der Waals surface area contributed by atoms with Crippen LogP contribution in [0, 0.1) is 0 Å². The molecule has 0 aromatic heterocycles. The summed E-state index contributed by atoms with van der Waals surface area (Å²) in [5, 5.41) is 4.02. The molecule has 0 fully saturated rings. The number of amides is 1. The van der Waals surface area contributed by atoms with Crippen LogP contribution >= 0.6 is 0 Å². The zero-order valence-electron chi connectivity index (χ0n) is 19.5. The predicted octanol–water partition coefficient (Wildman–Crippen LogP) is 5.74. The number of benzene rings is 2. The van der Waals surface area contributed by atoms with Crippen LogP contribution in [0.15, 0.2) is 53.6 Å². The van der Waals surface area contributed by atoms with Gasteiger partial charge in [0.15, 0.2) is 6.10 Å². The van der Waals surface area contributed by atoms with Gasteiger partial charge in [-0.3, -0.25) is 4.79 Å². The first-order valence-corrected chi connectivity index (χ1v) is 11.6. The molecule has 0 aliphatic carbocycles. The molecule has 0 unspecified atom stereocenters. The van der Waals surface area contributed by atoms with E-state index in [4.69, 9.17) is 14.2 Å². The Kier molecular flexibility index (Phi) is 11.7. The lowest BCUT2D eigenvalue weighted by Gasteiger charge is -2.13. The van der Waals surface area contributed by atoms with Gasteiger partial charge < -0.3 is 14.2 Å². The minimum absolute atomic E-state index is 0.322. The van der Waals surface area contributed by atoms with Crippen LogP contribution in [0.1, 0.15) is 64.9 Å². The van der Waals surface area contributed by atoms with Crippen molar-refractivity contribution in [2.24, 2.45) is 5.10 Å². The molecule has 0 saturated carbocycles. The molecule has 0 saturated heterocycles. The first-order valence-electron chi connectivity index (χ1n) is 11.6. The van der Waals surface area contributed by atoms with Gasteiger partial charge in [-0.1, -0.05) is 39.5 Å². The van der Waals surface area contributed by atoms with Crippen LogP contribution in [-0.2, 0) is 4.79 Å². The Morgan fingerprint density at radius 3 is 1.88 bits per heavy atom. The maximum Gasteiger partial charge on any atom is 0.280 e. The number of unbranched alkanes of at least 4 members (excludes halogenated alkanes) is 4. The summed E-state index contributed by atoms with van der Waals surface area (Å²) in [6, 6.07) is 14.9. The van der Waals surface area contributed by atoms with Crippen molar-refractivity contribution >= 4 is 12.1 Å². The van der Waals surface area contributed by atoms with Gasteiger partial charge in [-0.05, 0) is 73.9 Å². The summed E-state index contributed by atoms with van der Waals surface area (Å²) in [6.07, 6.45) is 7.69. The Hall–Kier alpha value is -3.02. The SMILES string of the molecule is CCCCCOc1ccc(/C=N\NC(=O)[C@@H](C)Oc2ccc(OCCCCC)cc2)cc1. The van der Waals surface area contributed by atoms with Crippen LogP contribution in [0.25, 0.3) is 0 Å². The summed E-state index contributed by atoms with van der Waals surface area (Å²) in [5.74, 6) is 1.92. The molecule has 0 radical (unpaired) electrons. The van der Waals surface area contributed by atoms with Crippen LogP contribution in [-0.4, -0.2) is 31.4 Å². The second-order valence-electron chi connectivity index (χ2n) is 7.65. The third kappa shape index (κ3) is 9.86. The van der Waals surface area contributed by atoms with Gasteiger partial charge in [0.2, 0.25) is 0 Å². The van der Waals surface area contributed by atoms with E-state index >= 15 is 0 Å². The van der Waals surface area contributed by atoms with Gasteiger partial charge in [0, 0.05) is 0 Å². The quantitative estimate of drug-likeness (QED) is 0.218. The molecule has 0 heterocycles. The van der Waals surface area contributed by atoms with E-state index in [0.717, 1.165) is 42.9 Å². The van der Waals surface area contributed by atoms with Crippen LogP contribution in [0.2, 0.25) is 0 Å². The molecule has 1 amide bonds. The topological polar surface area (TPSA) is 69.2 Å². The van der Waals surface area contributed by atoms with Gasteiger partial charge in [0.1, 0.15) is 17.2 Å². The molecule has 0 aliphatic heterocycles. The number of ether oxygens (including phenoxy) is 3. The molecule has 6 heteroatoms. The van der Waals surface area contributed by atoms with Crippen molar-refractivity contribution in [2.45, 2.75) is 65.4 Å². The molecule has 1 atom stereocenters. The van der Waals surface area contributed by atoms with Crippen molar-refractivity contribution in [3.05, 3.63) is 54.1 Å². The van der Waals surface area contributed by atoms with E-state index in [1.807, 2.05) is 36.4 Å². The molecule has 6 nitrogen and oxygen atoms in total. The van der Waals surface area contributed by atoms with Crippen molar-refractivity contribution in [3.63, 3.8) is 0 Å². The third-order valence-electron chi connectivity index (χ3n) is 4.81. The number of nitrogens with one attached hydrogen (secondary N) is 1. The highest BCUT2D eigenvalue weighted by molar-refractivity contribution is 5.84. The zero-order valence-corrected chi connectivity index (χ0v) is 19.5. The molecule has 32 heavy (non-hydrogen) atoms. The van der Waals surface area contributed by atoms with Crippen LogP contribution in [0.5, 0.6) is 17.2 Å². The van der Waals surface area contributed by atoms with E-state index < -0.39 is 6.10 Å². The van der Waals surface area contributed by atoms with E-state index in [9.17, 15) is 4.79 Å². The maximum absolute atomic E-state index is 12.2. The Morgan fingerprint density at radius 2 is 1.34 bits per heavy atom. The minimum Gasteiger partial charge on any atom is -0.494 e. The van der Waals surface area contributed by atoms with Gasteiger partial charge in [0.05, 0.1) is 19.4 Å². The van der Waals surface area contributed by atoms with Crippen molar-refractivity contribution in [3.8, 4) is 17.2 Å². The number of hydrogen-bond donors (Lipinski definition) is 1. The highest BCUT2D eigenvalue weighted by Gasteiger charge is 2.13. The molecule has 2 rings (SSSR count). The largest absolute Gasteiger partial charge is 0.494 e. The Morgan fingerprint density at radius 1 is 0.844 bits per heavy atom. The predicted molar refractivity (Wildman–Crippen MR) is 129 cm³/mol. The lowest BCUT2D eigenvalue weighted by Crippen LogP contribution is -2.33. The molecule has 174 valence electrons. The lowest BCUT2D eigenvalue weighted by atomic mass is 10.2. The number of carbonyl (C=O) groups is 1. The van der Waals surface area contributed by atoms with E-state index in [2.05, 4.69) is 24.4 Å². The minimum atomic E-state index is -0.678. The van der Waals surface area contributed by atoms with Crippen molar-refractivity contribution < 1.29 is 19.0 Å². The van der Waals surface area contributed by atoms with Crippen molar-refractivity contribution in [1.82, 2.24) is 5.43 Å². The first kappa shape index (κ1) is 25.2. The summed E-state index contributed by atoms with van der Waals surface area (Å²) in [5.41, 5.74) is 3.38. The van der Waals surface area contributed by atoms with Gasteiger partial charge in [-0.2, -0.15) is 5.10 Å². The number of hydrazone groups is 1. The highest BCUT2D eigenvalue weighted by Crippen LogP contribution is 2.19. The second-order valence-corrected chi connectivity index (χ2v) is 7.65. The number of hydrogen-bond acceptors (Lipinski definition) is 5.